The number of pyridine rings is 1. The number of carbonyl (C=O) groups is 2. The zero-order valence-corrected chi connectivity index (χ0v) is 18.1. The number of aryl methyl sites for hydroxylation is 1. The zero-order chi connectivity index (χ0) is 22.9. The smallest absolute Gasteiger partial charge is 0.256 e. The summed E-state index contributed by atoms with van der Waals surface area (Å²) in [5.41, 5.74) is 4.60. The second-order valence-electron chi connectivity index (χ2n) is 8.33. The van der Waals surface area contributed by atoms with E-state index < -0.39 is 0 Å². The van der Waals surface area contributed by atoms with Crippen molar-refractivity contribution in [1.29, 1.82) is 0 Å². The van der Waals surface area contributed by atoms with Gasteiger partial charge in [-0.1, -0.05) is 24.3 Å². The summed E-state index contributed by atoms with van der Waals surface area (Å²) >= 11 is 0. The molecule has 0 radical (unpaired) electrons. The number of nitrogens with zero attached hydrogens (tertiary/aromatic N) is 1. The van der Waals surface area contributed by atoms with Crippen molar-refractivity contribution >= 4 is 34.1 Å². The van der Waals surface area contributed by atoms with E-state index in [0.717, 1.165) is 29.4 Å². The first kappa shape index (κ1) is 20.8. The maximum Gasteiger partial charge on any atom is 0.256 e. The molecule has 1 aromatic heterocycles. The van der Waals surface area contributed by atoms with E-state index in [1.807, 2.05) is 43.3 Å². The summed E-state index contributed by atoms with van der Waals surface area (Å²) in [6.45, 7) is 1.90. The number of rotatable bonds is 5. The van der Waals surface area contributed by atoms with Gasteiger partial charge in [0.15, 0.2) is 0 Å². The van der Waals surface area contributed by atoms with Crippen molar-refractivity contribution in [2.24, 2.45) is 5.92 Å². The average molecular weight is 439 g/mol. The van der Waals surface area contributed by atoms with E-state index in [4.69, 9.17) is 0 Å². The lowest BCUT2D eigenvalue weighted by molar-refractivity contribution is -0.117. The molecule has 3 aromatic carbocycles. The largest absolute Gasteiger partial charge is 0.326 e. The summed E-state index contributed by atoms with van der Waals surface area (Å²) < 4.78 is 13.4. The molecule has 1 aliphatic carbocycles. The van der Waals surface area contributed by atoms with Crippen LogP contribution in [0.2, 0.25) is 0 Å². The van der Waals surface area contributed by atoms with Crippen molar-refractivity contribution < 1.29 is 14.0 Å². The first-order valence-electron chi connectivity index (χ1n) is 10.9. The van der Waals surface area contributed by atoms with E-state index in [9.17, 15) is 14.0 Å². The molecule has 0 atom stereocenters. The molecule has 1 heterocycles. The number of hydrogen-bond acceptors (Lipinski definition) is 3. The Morgan fingerprint density at radius 2 is 1.70 bits per heavy atom. The Morgan fingerprint density at radius 1 is 0.939 bits per heavy atom. The highest BCUT2D eigenvalue weighted by atomic mass is 19.1. The lowest BCUT2D eigenvalue weighted by atomic mass is 10.0. The van der Waals surface area contributed by atoms with E-state index in [0.29, 0.717) is 28.1 Å². The standard InChI is InChI=1S/C27H22FN3O2/c1-16-6-13-20(29-26(32)18-7-8-18)14-24(16)31-27(33)22-15-25(17-9-11-19(28)12-10-17)30-23-5-3-2-4-21(22)23/h2-6,9-15,18H,7-8H2,1H3,(H,29,32)(H,31,33). The molecule has 6 heteroatoms. The Labute approximate surface area is 190 Å². The fraction of sp³-hybridized carbons (Fsp3) is 0.148. The molecule has 4 aromatic rings. The number of para-hydroxylation sites is 1. The molecule has 1 fully saturated rings. The quantitative estimate of drug-likeness (QED) is 0.404. The third-order valence-electron chi connectivity index (χ3n) is 5.80. The van der Waals surface area contributed by atoms with Crippen molar-refractivity contribution in [3.63, 3.8) is 0 Å². The monoisotopic (exact) mass is 439 g/mol. The Kier molecular flexibility index (Phi) is 5.34. The van der Waals surface area contributed by atoms with Crippen molar-refractivity contribution in [2.45, 2.75) is 19.8 Å². The molecule has 164 valence electrons. The SMILES string of the molecule is Cc1ccc(NC(=O)C2CC2)cc1NC(=O)c1cc(-c2ccc(F)cc2)nc2ccccc12. The number of hydrogen-bond donors (Lipinski definition) is 2. The van der Waals surface area contributed by atoms with Gasteiger partial charge in [0.05, 0.1) is 16.8 Å². The molecule has 33 heavy (non-hydrogen) atoms. The summed E-state index contributed by atoms with van der Waals surface area (Å²) in [5, 5.41) is 6.62. The van der Waals surface area contributed by atoms with E-state index in [1.165, 1.54) is 12.1 Å². The number of fused-ring (bicyclic) bond motifs is 1. The average Bonchev–Trinajstić information content (AvgIpc) is 3.67. The molecule has 2 amide bonds. The third-order valence-corrected chi connectivity index (χ3v) is 5.80. The highest BCUT2D eigenvalue weighted by Crippen LogP contribution is 2.31. The van der Waals surface area contributed by atoms with Crippen LogP contribution in [0.15, 0.2) is 72.8 Å². The molecule has 1 saturated carbocycles. The minimum absolute atomic E-state index is 0.0141. The minimum Gasteiger partial charge on any atom is -0.326 e. The normalized spacial score (nSPS) is 13.0. The van der Waals surface area contributed by atoms with Gasteiger partial charge in [0, 0.05) is 28.2 Å². The van der Waals surface area contributed by atoms with Gasteiger partial charge in [-0.15, -0.1) is 0 Å². The van der Waals surface area contributed by atoms with Gasteiger partial charge >= 0.3 is 0 Å². The fourth-order valence-corrected chi connectivity index (χ4v) is 3.75. The highest BCUT2D eigenvalue weighted by molar-refractivity contribution is 6.13. The number of anilines is 2. The predicted molar refractivity (Wildman–Crippen MR) is 128 cm³/mol. The van der Waals surface area contributed by atoms with Crippen LogP contribution >= 0.6 is 0 Å². The highest BCUT2D eigenvalue weighted by Gasteiger charge is 2.29. The van der Waals surface area contributed by atoms with E-state index in [-0.39, 0.29) is 23.5 Å². The fourth-order valence-electron chi connectivity index (χ4n) is 3.75. The molecule has 2 N–H and O–H groups in total. The van der Waals surface area contributed by atoms with Crippen molar-refractivity contribution in [1.82, 2.24) is 4.98 Å². The van der Waals surface area contributed by atoms with Crippen LogP contribution in [0.25, 0.3) is 22.2 Å². The Hall–Kier alpha value is -4.06. The first-order chi connectivity index (χ1) is 16.0. The van der Waals surface area contributed by atoms with E-state index in [1.54, 1.807) is 24.3 Å². The van der Waals surface area contributed by atoms with Gasteiger partial charge in [0.2, 0.25) is 5.91 Å². The van der Waals surface area contributed by atoms with Crippen LogP contribution in [0.4, 0.5) is 15.8 Å². The van der Waals surface area contributed by atoms with Crippen molar-refractivity contribution in [3.05, 3.63) is 89.7 Å². The molecule has 0 saturated heterocycles. The lowest BCUT2D eigenvalue weighted by Gasteiger charge is -2.14. The summed E-state index contributed by atoms with van der Waals surface area (Å²) in [5.74, 6) is -0.509. The van der Waals surface area contributed by atoms with Gasteiger partial charge in [0.1, 0.15) is 5.82 Å². The maximum absolute atomic E-state index is 13.4. The van der Waals surface area contributed by atoms with Gasteiger partial charge in [-0.25, -0.2) is 9.37 Å². The van der Waals surface area contributed by atoms with E-state index in [2.05, 4.69) is 15.6 Å². The lowest BCUT2D eigenvalue weighted by Crippen LogP contribution is -2.16. The zero-order valence-electron chi connectivity index (χ0n) is 18.1. The molecule has 0 spiro atoms. The number of carbonyl (C=O) groups excluding carboxylic acids is 2. The van der Waals surface area contributed by atoms with Gasteiger partial charge in [-0.2, -0.15) is 0 Å². The summed E-state index contributed by atoms with van der Waals surface area (Å²) in [6.07, 6.45) is 1.85. The number of benzene rings is 3. The minimum atomic E-state index is -0.332. The van der Waals surface area contributed by atoms with Crippen LogP contribution in [0, 0.1) is 18.7 Å². The number of nitrogens with one attached hydrogen (secondary N) is 2. The molecule has 0 bridgehead atoms. The van der Waals surface area contributed by atoms with Gasteiger partial charge in [0.25, 0.3) is 5.91 Å². The number of halogens is 1. The summed E-state index contributed by atoms with van der Waals surface area (Å²) in [6, 6.07) is 20.6. The molecule has 5 rings (SSSR count). The molecular weight excluding hydrogens is 417 g/mol. The topological polar surface area (TPSA) is 71.1 Å². The summed E-state index contributed by atoms with van der Waals surface area (Å²) in [7, 11) is 0. The molecule has 0 unspecified atom stereocenters. The van der Waals surface area contributed by atoms with Gasteiger partial charge in [-0.05, 0) is 73.9 Å². The summed E-state index contributed by atoms with van der Waals surface area (Å²) in [4.78, 5) is 30.2. The maximum atomic E-state index is 13.4. The Balaban J connectivity index is 1.49. The van der Waals surface area contributed by atoms with Crippen molar-refractivity contribution in [3.8, 4) is 11.3 Å². The second-order valence-corrected chi connectivity index (χ2v) is 8.33. The van der Waals surface area contributed by atoms with Crippen LogP contribution in [0.1, 0.15) is 28.8 Å². The second kappa shape index (κ2) is 8.47. The molecular formula is C27H22FN3O2. The van der Waals surface area contributed by atoms with Crippen molar-refractivity contribution in [2.75, 3.05) is 10.6 Å². The first-order valence-corrected chi connectivity index (χ1v) is 10.9. The van der Waals surface area contributed by atoms with Crippen LogP contribution in [0.5, 0.6) is 0 Å². The van der Waals surface area contributed by atoms with Crippen LogP contribution in [-0.4, -0.2) is 16.8 Å². The number of aromatic nitrogens is 1. The predicted octanol–water partition coefficient (Wildman–Crippen LogP) is 5.95. The molecule has 5 nitrogen and oxygen atoms in total. The van der Waals surface area contributed by atoms with Crippen LogP contribution < -0.4 is 10.6 Å². The van der Waals surface area contributed by atoms with Crippen LogP contribution in [-0.2, 0) is 4.79 Å². The van der Waals surface area contributed by atoms with Gasteiger partial charge in [-0.3, -0.25) is 9.59 Å². The Bertz CT molecular complexity index is 1380. The molecule has 0 aliphatic heterocycles. The number of amides is 2. The van der Waals surface area contributed by atoms with Crippen LogP contribution in [0.3, 0.4) is 0 Å². The molecule has 1 aliphatic rings. The van der Waals surface area contributed by atoms with Gasteiger partial charge < -0.3 is 10.6 Å². The Morgan fingerprint density at radius 3 is 2.45 bits per heavy atom. The van der Waals surface area contributed by atoms with E-state index >= 15 is 0 Å². The third kappa shape index (κ3) is 4.46.